The van der Waals surface area contributed by atoms with Crippen LogP contribution in [0.15, 0.2) is 24.3 Å². The Balaban J connectivity index is 1.53. The van der Waals surface area contributed by atoms with Crippen LogP contribution < -0.4 is 10.2 Å². The van der Waals surface area contributed by atoms with E-state index >= 15 is 0 Å². The van der Waals surface area contributed by atoms with Gasteiger partial charge in [-0.05, 0) is 38.3 Å². The van der Waals surface area contributed by atoms with Crippen molar-refractivity contribution in [1.29, 1.82) is 0 Å². The summed E-state index contributed by atoms with van der Waals surface area (Å²) in [6, 6.07) is 8.82. The molecule has 0 aromatic heterocycles. The lowest BCUT2D eigenvalue weighted by Crippen LogP contribution is -2.46. The van der Waals surface area contributed by atoms with E-state index < -0.39 is 5.79 Å². The minimum Gasteiger partial charge on any atom is -0.371 e. The maximum Gasteiger partial charge on any atom is 0.216 e. The lowest BCUT2D eigenvalue weighted by molar-refractivity contribution is -0.161. The van der Waals surface area contributed by atoms with Gasteiger partial charge in [0.25, 0.3) is 0 Å². The normalized spacial score (nSPS) is 29.9. The van der Waals surface area contributed by atoms with Gasteiger partial charge in [-0.1, -0.05) is 18.2 Å². The number of likely N-dealkylation sites (tertiary alicyclic amines) is 1. The molecule has 27 heavy (non-hydrogen) atoms. The first-order valence-electron chi connectivity index (χ1n) is 10.1. The van der Waals surface area contributed by atoms with Crippen molar-refractivity contribution in [3.63, 3.8) is 0 Å². The first-order valence-corrected chi connectivity index (χ1v) is 10.1. The average Bonchev–Trinajstić information content (AvgIpc) is 3.29. The third-order valence-corrected chi connectivity index (χ3v) is 5.86. The average molecular weight is 373 g/mol. The van der Waals surface area contributed by atoms with Gasteiger partial charge in [-0.3, -0.25) is 9.69 Å². The molecular formula is C21H31N3O3. The zero-order valence-corrected chi connectivity index (χ0v) is 16.6. The Bertz CT molecular complexity index is 687. The van der Waals surface area contributed by atoms with Gasteiger partial charge in [0.2, 0.25) is 5.91 Å². The van der Waals surface area contributed by atoms with Gasteiger partial charge in [0.15, 0.2) is 5.79 Å². The number of carbonyl (C=O) groups is 1. The van der Waals surface area contributed by atoms with Crippen LogP contribution in [-0.2, 0) is 20.8 Å². The number of anilines is 1. The number of fused-ring (bicyclic) bond motifs is 1. The highest BCUT2D eigenvalue weighted by atomic mass is 16.8. The van der Waals surface area contributed by atoms with Gasteiger partial charge in [-0.25, -0.2) is 0 Å². The molecule has 6 heteroatoms. The lowest BCUT2D eigenvalue weighted by atomic mass is 10.1. The zero-order valence-electron chi connectivity index (χ0n) is 16.6. The molecule has 1 aromatic carbocycles. The Labute approximate surface area is 161 Å². The molecule has 3 saturated heterocycles. The van der Waals surface area contributed by atoms with E-state index in [0.29, 0.717) is 6.54 Å². The topological polar surface area (TPSA) is 54.0 Å². The van der Waals surface area contributed by atoms with E-state index in [2.05, 4.69) is 39.4 Å². The van der Waals surface area contributed by atoms with E-state index in [0.717, 1.165) is 26.2 Å². The zero-order chi connectivity index (χ0) is 19.0. The predicted molar refractivity (Wildman–Crippen MR) is 105 cm³/mol. The summed E-state index contributed by atoms with van der Waals surface area (Å²) in [7, 11) is 0. The number of benzene rings is 1. The number of hydrogen-bond acceptors (Lipinski definition) is 5. The second-order valence-corrected chi connectivity index (χ2v) is 8.40. The highest BCUT2D eigenvalue weighted by Gasteiger charge is 2.52. The predicted octanol–water partition coefficient (Wildman–Crippen LogP) is 2.13. The first kappa shape index (κ1) is 18.7. The summed E-state index contributed by atoms with van der Waals surface area (Å²) in [5, 5.41) is 2.99. The van der Waals surface area contributed by atoms with Gasteiger partial charge in [0.05, 0.1) is 6.04 Å². The maximum absolute atomic E-state index is 11.5. The van der Waals surface area contributed by atoms with Crippen molar-refractivity contribution in [2.45, 2.75) is 64.2 Å². The van der Waals surface area contributed by atoms with Gasteiger partial charge >= 0.3 is 0 Å². The molecule has 3 heterocycles. The highest BCUT2D eigenvalue weighted by molar-refractivity contribution is 5.72. The van der Waals surface area contributed by atoms with Crippen LogP contribution in [-0.4, -0.2) is 61.0 Å². The summed E-state index contributed by atoms with van der Waals surface area (Å²) in [5.41, 5.74) is 2.68. The van der Waals surface area contributed by atoms with Crippen LogP contribution in [0.2, 0.25) is 0 Å². The Morgan fingerprint density at radius 1 is 1.22 bits per heavy atom. The van der Waals surface area contributed by atoms with Crippen LogP contribution >= 0.6 is 0 Å². The van der Waals surface area contributed by atoms with Crippen molar-refractivity contribution >= 4 is 11.6 Å². The Hall–Kier alpha value is -1.63. The fourth-order valence-corrected chi connectivity index (χ4v) is 4.71. The molecule has 1 amide bonds. The molecule has 0 radical (unpaired) electrons. The van der Waals surface area contributed by atoms with Crippen molar-refractivity contribution in [2.75, 3.05) is 31.1 Å². The van der Waals surface area contributed by atoms with Crippen molar-refractivity contribution < 1.29 is 14.3 Å². The third-order valence-electron chi connectivity index (χ3n) is 5.86. The molecule has 1 N–H and O–H groups in total. The molecule has 3 aliphatic heterocycles. The molecule has 3 atom stereocenters. The molecule has 0 saturated carbocycles. The van der Waals surface area contributed by atoms with Crippen LogP contribution in [0.3, 0.4) is 0 Å². The number of nitrogens with one attached hydrogen (secondary N) is 1. The Kier molecular flexibility index (Phi) is 5.14. The Morgan fingerprint density at radius 2 is 1.96 bits per heavy atom. The fraction of sp³-hybridized carbons (Fsp3) is 0.667. The second-order valence-electron chi connectivity index (χ2n) is 8.40. The quantitative estimate of drug-likeness (QED) is 0.857. The number of amides is 1. The molecule has 148 valence electrons. The van der Waals surface area contributed by atoms with Crippen molar-refractivity contribution in [3.05, 3.63) is 29.8 Å². The second kappa shape index (κ2) is 7.41. The molecule has 6 nitrogen and oxygen atoms in total. The summed E-state index contributed by atoms with van der Waals surface area (Å²) < 4.78 is 12.3. The first-order chi connectivity index (χ1) is 12.9. The van der Waals surface area contributed by atoms with E-state index in [-0.39, 0.29) is 24.2 Å². The number of para-hydroxylation sites is 1. The monoisotopic (exact) mass is 373 g/mol. The molecule has 3 fully saturated rings. The molecule has 0 unspecified atom stereocenters. The van der Waals surface area contributed by atoms with Crippen LogP contribution in [0, 0.1) is 0 Å². The Morgan fingerprint density at radius 3 is 2.70 bits per heavy atom. The molecule has 0 aliphatic carbocycles. The van der Waals surface area contributed by atoms with Gasteiger partial charge in [0, 0.05) is 45.3 Å². The number of hydrogen-bond donors (Lipinski definition) is 1. The van der Waals surface area contributed by atoms with E-state index in [1.807, 2.05) is 13.8 Å². The van der Waals surface area contributed by atoms with Crippen molar-refractivity contribution in [2.24, 2.45) is 0 Å². The molecular weight excluding hydrogens is 342 g/mol. The van der Waals surface area contributed by atoms with Gasteiger partial charge < -0.3 is 19.7 Å². The summed E-state index contributed by atoms with van der Waals surface area (Å²) in [6.07, 6.45) is 2.58. The smallest absolute Gasteiger partial charge is 0.216 e. The van der Waals surface area contributed by atoms with Crippen molar-refractivity contribution in [1.82, 2.24) is 10.2 Å². The lowest BCUT2D eigenvalue weighted by Gasteiger charge is -2.31. The maximum atomic E-state index is 11.5. The van der Waals surface area contributed by atoms with Gasteiger partial charge in [0.1, 0.15) is 12.2 Å². The number of nitrogens with zero attached hydrogens (tertiary/aromatic N) is 2. The van der Waals surface area contributed by atoms with Crippen LogP contribution in [0.25, 0.3) is 0 Å². The highest BCUT2D eigenvalue weighted by Crippen LogP contribution is 2.38. The van der Waals surface area contributed by atoms with E-state index in [9.17, 15) is 4.79 Å². The van der Waals surface area contributed by atoms with E-state index in [1.165, 1.54) is 24.1 Å². The van der Waals surface area contributed by atoms with Gasteiger partial charge in [-0.15, -0.1) is 0 Å². The number of ether oxygens (including phenoxy) is 2. The molecule has 0 spiro atoms. The van der Waals surface area contributed by atoms with Crippen LogP contribution in [0.1, 0.15) is 39.2 Å². The number of rotatable bonds is 5. The van der Waals surface area contributed by atoms with Crippen LogP contribution in [0.4, 0.5) is 5.69 Å². The standard InChI is InChI=1S/C21H31N3O3/c1-15(25)22-12-18-20-19(26-21(2,3)27-20)14-24(18)13-16-8-4-5-9-17(16)23-10-6-7-11-23/h4-5,8-9,18-20H,6-7,10-14H2,1-3H3,(H,22,25)/t18-,19+,20-/m1/s1. The molecule has 1 aromatic rings. The summed E-state index contributed by atoms with van der Waals surface area (Å²) in [4.78, 5) is 16.4. The van der Waals surface area contributed by atoms with E-state index in [1.54, 1.807) is 6.92 Å². The summed E-state index contributed by atoms with van der Waals surface area (Å²) in [5.74, 6) is -0.558. The largest absolute Gasteiger partial charge is 0.371 e. The molecule has 3 aliphatic rings. The minimum absolute atomic E-state index is 0.00552. The van der Waals surface area contributed by atoms with Crippen molar-refractivity contribution in [3.8, 4) is 0 Å². The number of carbonyl (C=O) groups excluding carboxylic acids is 1. The third kappa shape index (κ3) is 3.98. The minimum atomic E-state index is -0.552. The van der Waals surface area contributed by atoms with Gasteiger partial charge in [-0.2, -0.15) is 0 Å². The van der Waals surface area contributed by atoms with Crippen LogP contribution in [0.5, 0.6) is 0 Å². The SMILES string of the molecule is CC(=O)NC[C@@H]1[C@H]2OC(C)(C)O[C@H]2CN1Cc1ccccc1N1CCCC1. The fourth-order valence-electron chi connectivity index (χ4n) is 4.71. The van der Waals surface area contributed by atoms with E-state index in [4.69, 9.17) is 9.47 Å². The summed E-state index contributed by atoms with van der Waals surface area (Å²) in [6.45, 7) is 10.0. The molecule has 4 rings (SSSR count). The summed E-state index contributed by atoms with van der Waals surface area (Å²) >= 11 is 0. The molecule has 0 bridgehead atoms.